The van der Waals surface area contributed by atoms with Gasteiger partial charge in [-0.2, -0.15) is 0 Å². The van der Waals surface area contributed by atoms with E-state index in [2.05, 4.69) is 0 Å². The highest BCUT2D eigenvalue weighted by Gasteiger charge is 2.35. The average Bonchev–Trinajstić information content (AvgIpc) is 2.74. The molecule has 0 saturated heterocycles. The number of benzene rings is 2. The van der Waals surface area contributed by atoms with Gasteiger partial charge in [-0.25, -0.2) is 18.9 Å². The van der Waals surface area contributed by atoms with E-state index in [9.17, 15) is 14.0 Å². The summed E-state index contributed by atoms with van der Waals surface area (Å²) in [6.07, 6.45) is 4.01. The van der Waals surface area contributed by atoms with E-state index in [0.29, 0.717) is 11.4 Å². The first-order valence-corrected chi connectivity index (χ1v) is 10.1. The molecular weight excluding hydrogens is 389 g/mol. The van der Waals surface area contributed by atoms with Crippen LogP contribution in [0.1, 0.15) is 32.1 Å². The Balaban J connectivity index is 1.76. The van der Waals surface area contributed by atoms with Gasteiger partial charge in [0.2, 0.25) is 0 Å². The molecule has 1 aliphatic carbocycles. The van der Waals surface area contributed by atoms with Crippen LogP contribution >= 0.6 is 0 Å². The monoisotopic (exact) mass is 415 g/mol. The highest BCUT2D eigenvalue weighted by Crippen LogP contribution is 2.37. The summed E-state index contributed by atoms with van der Waals surface area (Å²) in [6.45, 7) is -0.0445. The molecule has 1 amide bonds. The van der Waals surface area contributed by atoms with Crippen molar-refractivity contribution in [3.05, 3.63) is 60.4 Å². The van der Waals surface area contributed by atoms with Crippen LogP contribution in [-0.2, 0) is 14.3 Å². The molecule has 1 fully saturated rings. The van der Waals surface area contributed by atoms with Gasteiger partial charge in [-0.1, -0.05) is 43.5 Å². The molecule has 0 aliphatic heterocycles. The smallest absolute Gasteiger partial charge is 0.418 e. The zero-order chi connectivity index (χ0) is 21.4. The molecule has 0 aromatic heterocycles. The first-order chi connectivity index (χ1) is 14.5. The normalized spacial score (nSPS) is 15.4. The highest BCUT2D eigenvalue weighted by molar-refractivity contribution is 5.95. The molecule has 0 spiro atoms. The molecule has 1 aliphatic rings. The van der Waals surface area contributed by atoms with Gasteiger partial charge in [0.1, 0.15) is 19.0 Å². The van der Waals surface area contributed by atoms with Crippen LogP contribution in [0.2, 0.25) is 0 Å². The number of hydrogen-bond acceptors (Lipinski definition) is 4. The average molecular weight is 415 g/mol. The van der Waals surface area contributed by atoms with Gasteiger partial charge < -0.3 is 14.6 Å². The summed E-state index contributed by atoms with van der Waals surface area (Å²) in [7, 11) is 0. The number of carboxylic acids is 1. The Labute approximate surface area is 175 Å². The molecule has 3 rings (SSSR count). The maximum Gasteiger partial charge on any atom is 0.418 e. The lowest BCUT2D eigenvalue weighted by Gasteiger charge is -2.36. The van der Waals surface area contributed by atoms with Crippen molar-refractivity contribution in [2.24, 2.45) is 5.41 Å². The summed E-state index contributed by atoms with van der Waals surface area (Å²) >= 11 is 0. The third-order valence-corrected chi connectivity index (χ3v) is 5.31. The second-order valence-electron chi connectivity index (χ2n) is 7.65. The van der Waals surface area contributed by atoms with E-state index >= 15 is 0 Å². The number of rotatable bonds is 8. The van der Waals surface area contributed by atoms with E-state index in [1.165, 1.54) is 23.1 Å². The van der Waals surface area contributed by atoms with Crippen molar-refractivity contribution < 1.29 is 28.6 Å². The topological polar surface area (TPSA) is 76.1 Å². The fourth-order valence-corrected chi connectivity index (χ4v) is 3.82. The Bertz CT molecular complexity index is 852. The maximum atomic E-state index is 13.8. The lowest BCUT2D eigenvalue weighted by atomic mass is 9.75. The number of nitrogens with zero attached hydrogens (tertiary/aromatic N) is 1. The highest BCUT2D eigenvalue weighted by atomic mass is 19.1. The maximum absolute atomic E-state index is 13.8. The SMILES string of the molecule is O=C(O)COCC1(COC(=O)N(c2ccccc2)c2cccc(F)c2)CCCCC1. The van der Waals surface area contributed by atoms with Crippen molar-refractivity contribution in [1.82, 2.24) is 0 Å². The third kappa shape index (κ3) is 5.79. The van der Waals surface area contributed by atoms with Crippen molar-refractivity contribution in [2.45, 2.75) is 32.1 Å². The quantitative estimate of drug-likeness (QED) is 0.645. The number of carbonyl (C=O) groups excluding carboxylic acids is 1. The van der Waals surface area contributed by atoms with Crippen LogP contribution in [0.5, 0.6) is 0 Å². The molecule has 2 aromatic carbocycles. The van der Waals surface area contributed by atoms with E-state index in [4.69, 9.17) is 14.6 Å². The largest absolute Gasteiger partial charge is 0.480 e. The second kappa shape index (κ2) is 10.2. The van der Waals surface area contributed by atoms with E-state index in [-0.39, 0.29) is 19.8 Å². The molecule has 0 radical (unpaired) electrons. The molecule has 1 N–H and O–H groups in total. The van der Waals surface area contributed by atoms with Crippen LogP contribution in [0.4, 0.5) is 20.6 Å². The number of carboxylic acid groups (broad SMARTS) is 1. The van der Waals surface area contributed by atoms with Gasteiger partial charge in [-0.3, -0.25) is 0 Å². The van der Waals surface area contributed by atoms with Gasteiger partial charge in [-0.15, -0.1) is 0 Å². The zero-order valence-electron chi connectivity index (χ0n) is 16.8. The van der Waals surface area contributed by atoms with Gasteiger partial charge in [-0.05, 0) is 43.2 Å². The van der Waals surface area contributed by atoms with Crippen LogP contribution in [0.3, 0.4) is 0 Å². The molecule has 0 heterocycles. The van der Waals surface area contributed by atoms with Gasteiger partial charge in [0, 0.05) is 5.41 Å². The van der Waals surface area contributed by atoms with Gasteiger partial charge in [0.25, 0.3) is 0 Å². The van der Waals surface area contributed by atoms with Crippen LogP contribution in [0, 0.1) is 11.2 Å². The molecule has 160 valence electrons. The lowest BCUT2D eigenvalue weighted by Crippen LogP contribution is -2.38. The minimum Gasteiger partial charge on any atom is -0.480 e. The number of amides is 1. The van der Waals surface area contributed by atoms with E-state index < -0.39 is 23.3 Å². The molecule has 2 aromatic rings. The van der Waals surface area contributed by atoms with Crippen LogP contribution in [0.15, 0.2) is 54.6 Å². The molecular formula is C23H26FNO5. The van der Waals surface area contributed by atoms with Gasteiger partial charge in [0.15, 0.2) is 0 Å². The standard InChI is InChI=1S/C23H26FNO5/c24-18-8-7-11-20(14-18)25(19-9-3-1-4-10-19)22(28)30-17-23(12-5-2-6-13-23)16-29-15-21(26)27/h1,3-4,7-11,14H,2,5-6,12-13,15-17H2,(H,26,27). The molecule has 6 nitrogen and oxygen atoms in total. The van der Waals surface area contributed by atoms with E-state index in [0.717, 1.165) is 32.1 Å². The van der Waals surface area contributed by atoms with Crippen LogP contribution < -0.4 is 4.90 Å². The van der Waals surface area contributed by atoms with Crippen LogP contribution in [0.25, 0.3) is 0 Å². The van der Waals surface area contributed by atoms with Gasteiger partial charge >= 0.3 is 12.1 Å². The first-order valence-electron chi connectivity index (χ1n) is 10.1. The van der Waals surface area contributed by atoms with Crippen molar-refractivity contribution in [3.63, 3.8) is 0 Å². The van der Waals surface area contributed by atoms with Gasteiger partial charge in [0.05, 0.1) is 18.0 Å². The first kappa shape index (κ1) is 21.8. The number of ether oxygens (including phenoxy) is 2. The van der Waals surface area contributed by atoms with Crippen molar-refractivity contribution in [2.75, 3.05) is 24.7 Å². The Kier molecular flexibility index (Phi) is 7.41. The minimum atomic E-state index is -1.03. The number of hydrogen-bond donors (Lipinski definition) is 1. The molecule has 0 unspecified atom stereocenters. The number of carbonyl (C=O) groups is 2. The minimum absolute atomic E-state index is 0.115. The third-order valence-electron chi connectivity index (χ3n) is 5.31. The predicted octanol–water partition coefficient (Wildman–Crippen LogP) is 5.15. The summed E-state index contributed by atoms with van der Waals surface area (Å²) in [5.41, 5.74) is 0.521. The second-order valence-corrected chi connectivity index (χ2v) is 7.65. The van der Waals surface area contributed by atoms with E-state index in [1.807, 2.05) is 6.07 Å². The predicted molar refractivity (Wildman–Crippen MR) is 110 cm³/mol. The van der Waals surface area contributed by atoms with Crippen molar-refractivity contribution >= 4 is 23.4 Å². The number of aliphatic carboxylic acids is 1. The van der Waals surface area contributed by atoms with Crippen LogP contribution in [-0.4, -0.2) is 37.0 Å². The number of para-hydroxylation sites is 1. The lowest BCUT2D eigenvalue weighted by molar-refractivity contribution is -0.144. The fraction of sp³-hybridized carbons (Fsp3) is 0.391. The molecule has 0 atom stereocenters. The summed E-state index contributed by atoms with van der Waals surface area (Å²) in [5.74, 6) is -1.48. The Hall–Kier alpha value is -2.93. The summed E-state index contributed by atoms with van der Waals surface area (Å²) in [6, 6.07) is 14.7. The molecule has 1 saturated carbocycles. The number of halogens is 1. The Morgan fingerprint density at radius 1 is 0.967 bits per heavy atom. The summed E-state index contributed by atoms with van der Waals surface area (Å²) < 4.78 is 24.9. The van der Waals surface area contributed by atoms with E-state index in [1.54, 1.807) is 30.3 Å². The fourth-order valence-electron chi connectivity index (χ4n) is 3.82. The Morgan fingerprint density at radius 2 is 1.67 bits per heavy atom. The van der Waals surface area contributed by atoms with Crippen molar-refractivity contribution in [1.29, 1.82) is 0 Å². The molecule has 30 heavy (non-hydrogen) atoms. The summed E-state index contributed by atoms with van der Waals surface area (Å²) in [5, 5.41) is 8.84. The zero-order valence-corrected chi connectivity index (χ0v) is 16.8. The summed E-state index contributed by atoms with van der Waals surface area (Å²) in [4.78, 5) is 25.2. The van der Waals surface area contributed by atoms with Crippen molar-refractivity contribution in [3.8, 4) is 0 Å². The molecule has 0 bridgehead atoms. The number of anilines is 2. The Morgan fingerprint density at radius 3 is 2.33 bits per heavy atom. The molecule has 7 heteroatoms.